The predicted molar refractivity (Wildman–Crippen MR) is 93.7 cm³/mol. The summed E-state index contributed by atoms with van der Waals surface area (Å²) in [6.45, 7) is 3.28. The van der Waals surface area contributed by atoms with Gasteiger partial charge in [-0.2, -0.15) is 0 Å². The van der Waals surface area contributed by atoms with Gasteiger partial charge in [0, 0.05) is 39.3 Å². The van der Waals surface area contributed by atoms with E-state index in [2.05, 4.69) is 17.3 Å². The fourth-order valence-electron chi connectivity index (χ4n) is 2.63. The van der Waals surface area contributed by atoms with Crippen molar-refractivity contribution in [3.63, 3.8) is 0 Å². The second kappa shape index (κ2) is 8.01. The van der Waals surface area contributed by atoms with Crippen molar-refractivity contribution in [2.75, 3.05) is 59.7 Å². The SMILES string of the molecule is COc1cc(C(=O)N(C)C)ccc1NC(=O)N1CCCN(C)CC1. The van der Waals surface area contributed by atoms with E-state index in [1.165, 1.54) is 12.0 Å². The van der Waals surface area contributed by atoms with Gasteiger partial charge in [0.25, 0.3) is 5.91 Å². The van der Waals surface area contributed by atoms with E-state index in [1.54, 1.807) is 32.3 Å². The minimum atomic E-state index is -0.143. The molecule has 0 bridgehead atoms. The molecule has 7 heteroatoms. The van der Waals surface area contributed by atoms with Crippen molar-refractivity contribution < 1.29 is 14.3 Å². The molecular formula is C17H26N4O3. The number of ether oxygens (including phenoxy) is 1. The molecule has 0 aliphatic carbocycles. The molecule has 7 nitrogen and oxygen atoms in total. The summed E-state index contributed by atoms with van der Waals surface area (Å²) in [5.41, 5.74) is 1.08. The van der Waals surface area contributed by atoms with Crippen molar-refractivity contribution in [3.8, 4) is 5.75 Å². The van der Waals surface area contributed by atoms with Crippen LogP contribution in [0.25, 0.3) is 0 Å². The minimum absolute atomic E-state index is 0.110. The van der Waals surface area contributed by atoms with Crippen molar-refractivity contribution >= 4 is 17.6 Å². The molecule has 1 aromatic carbocycles. The second-order valence-electron chi connectivity index (χ2n) is 6.19. The third-order valence-corrected chi connectivity index (χ3v) is 4.10. The van der Waals surface area contributed by atoms with Crippen LogP contribution in [0.5, 0.6) is 5.75 Å². The number of hydrogen-bond acceptors (Lipinski definition) is 4. The van der Waals surface area contributed by atoms with Gasteiger partial charge in [-0.15, -0.1) is 0 Å². The number of rotatable bonds is 3. The average Bonchev–Trinajstić information content (AvgIpc) is 2.79. The topological polar surface area (TPSA) is 65.1 Å². The molecule has 1 N–H and O–H groups in total. The molecule has 24 heavy (non-hydrogen) atoms. The number of benzene rings is 1. The van der Waals surface area contributed by atoms with E-state index in [-0.39, 0.29) is 11.9 Å². The smallest absolute Gasteiger partial charge is 0.321 e. The minimum Gasteiger partial charge on any atom is -0.495 e. The van der Waals surface area contributed by atoms with E-state index >= 15 is 0 Å². The number of methoxy groups -OCH3 is 1. The van der Waals surface area contributed by atoms with Gasteiger partial charge in [0.15, 0.2) is 0 Å². The van der Waals surface area contributed by atoms with Gasteiger partial charge >= 0.3 is 6.03 Å². The first-order valence-electron chi connectivity index (χ1n) is 8.06. The third-order valence-electron chi connectivity index (χ3n) is 4.10. The Morgan fingerprint density at radius 1 is 1.17 bits per heavy atom. The number of carbonyl (C=O) groups excluding carboxylic acids is 2. The maximum absolute atomic E-state index is 12.5. The van der Waals surface area contributed by atoms with Gasteiger partial charge in [0.2, 0.25) is 0 Å². The fraction of sp³-hybridized carbons (Fsp3) is 0.529. The lowest BCUT2D eigenvalue weighted by Crippen LogP contribution is -2.37. The highest BCUT2D eigenvalue weighted by molar-refractivity contribution is 5.96. The fourth-order valence-corrected chi connectivity index (χ4v) is 2.63. The molecule has 0 radical (unpaired) electrons. The van der Waals surface area contributed by atoms with Crippen LogP contribution in [-0.4, -0.2) is 81.1 Å². The number of hydrogen-bond donors (Lipinski definition) is 1. The van der Waals surface area contributed by atoms with Gasteiger partial charge in [-0.3, -0.25) is 4.79 Å². The zero-order chi connectivity index (χ0) is 17.7. The first-order chi connectivity index (χ1) is 11.4. The highest BCUT2D eigenvalue weighted by atomic mass is 16.5. The van der Waals surface area contributed by atoms with Gasteiger partial charge in [0.05, 0.1) is 12.8 Å². The van der Waals surface area contributed by atoms with Gasteiger partial charge in [-0.1, -0.05) is 0 Å². The zero-order valence-corrected chi connectivity index (χ0v) is 14.8. The van der Waals surface area contributed by atoms with Crippen LogP contribution in [0.1, 0.15) is 16.8 Å². The molecule has 1 aromatic rings. The molecule has 1 aliphatic heterocycles. The van der Waals surface area contributed by atoms with E-state index in [0.717, 1.165) is 26.1 Å². The summed E-state index contributed by atoms with van der Waals surface area (Å²) in [6.07, 6.45) is 0.956. The molecule has 2 rings (SSSR count). The Morgan fingerprint density at radius 3 is 2.58 bits per heavy atom. The maximum Gasteiger partial charge on any atom is 0.321 e. The van der Waals surface area contributed by atoms with E-state index < -0.39 is 0 Å². The number of anilines is 1. The normalized spacial score (nSPS) is 15.6. The molecule has 1 aliphatic rings. The number of nitrogens with zero attached hydrogens (tertiary/aromatic N) is 3. The number of urea groups is 1. The van der Waals surface area contributed by atoms with Crippen LogP contribution in [0, 0.1) is 0 Å². The lowest BCUT2D eigenvalue weighted by molar-refractivity contribution is 0.0827. The monoisotopic (exact) mass is 334 g/mol. The highest BCUT2D eigenvalue weighted by Gasteiger charge is 2.19. The third kappa shape index (κ3) is 4.38. The van der Waals surface area contributed by atoms with E-state index in [0.29, 0.717) is 23.5 Å². The average molecular weight is 334 g/mol. The molecule has 0 saturated carbocycles. The quantitative estimate of drug-likeness (QED) is 0.911. The molecule has 1 saturated heterocycles. The Labute approximate surface area is 143 Å². The lowest BCUT2D eigenvalue weighted by Gasteiger charge is -2.22. The number of carbonyl (C=O) groups is 2. The predicted octanol–water partition coefficient (Wildman–Crippen LogP) is 1.57. The summed E-state index contributed by atoms with van der Waals surface area (Å²) in [5, 5.41) is 2.89. The molecule has 3 amide bonds. The first-order valence-corrected chi connectivity index (χ1v) is 8.06. The highest BCUT2D eigenvalue weighted by Crippen LogP contribution is 2.26. The Balaban J connectivity index is 2.11. The van der Waals surface area contributed by atoms with Crippen LogP contribution in [0.3, 0.4) is 0 Å². The molecule has 0 spiro atoms. The summed E-state index contributed by atoms with van der Waals surface area (Å²) >= 11 is 0. The molecular weight excluding hydrogens is 308 g/mol. The van der Waals surface area contributed by atoms with Gasteiger partial charge in [-0.05, 0) is 38.2 Å². The van der Waals surface area contributed by atoms with E-state index in [9.17, 15) is 9.59 Å². The van der Waals surface area contributed by atoms with Crippen molar-refractivity contribution in [2.45, 2.75) is 6.42 Å². The molecule has 1 heterocycles. The number of likely N-dealkylation sites (N-methyl/N-ethyl adjacent to an activating group) is 1. The number of nitrogens with one attached hydrogen (secondary N) is 1. The summed E-state index contributed by atoms with van der Waals surface area (Å²) < 4.78 is 5.33. The van der Waals surface area contributed by atoms with E-state index in [4.69, 9.17) is 4.74 Å². The standard InChI is InChI=1S/C17H26N4O3/c1-19(2)16(22)13-6-7-14(15(12-13)24-4)18-17(23)21-9-5-8-20(3)10-11-21/h6-7,12H,5,8-11H2,1-4H3,(H,18,23). The van der Waals surface area contributed by atoms with Gasteiger partial charge in [0.1, 0.15) is 5.75 Å². The summed E-state index contributed by atoms with van der Waals surface area (Å²) in [7, 11) is 6.97. The summed E-state index contributed by atoms with van der Waals surface area (Å²) in [6, 6.07) is 4.90. The van der Waals surface area contributed by atoms with Crippen LogP contribution < -0.4 is 10.1 Å². The van der Waals surface area contributed by atoms with Crippen molar-refractivity contribution in [1.82, 2.24) is 14.7 Å². The molecule has 0 atom stereocenters. The molecule has 132 valence electrons. The number of amides is 3. The molecule has 0 unspecified atom stereocenters. The zero-order valence-electron chi connectivity index (χ0n) is 14.8. The second-order valence-corrected chi connectivity index (χ2v) is 6.19. The maximum atomic E-state index is 12.5. The Hall–Kier alpha value is -2.28. The Kier molecular flexibility index (Phi) is 6.03. The van der Waals surface area contributed by atoms with Crippen LogP contribution >= 0.6 is 0 Å². The van der Waals surface area contributed by atoms with Crippen molar-refractivity contribution in [1.29, 1.82) is 0 Å². The Morgan fingerprint density at radius 2 is 1.92 bits per heavy atom. The van der Waals surface area contributed by atoms with Crippen molar-refractivity contribution in [3.05, 3.63) is 23.8 Å². The van der Waals surface area contributed by atoms with Crippen molar-refractivity contribution in [2.24, 2.45) is 0 Å². The van der Waals surface area contributed by atoms with E-state index in [1.807, 2.05) is 4.90 Å². The van der Waals surface area contributed by atoms with Gasteiger partial charge < -0.3 is 24.8 Å². The van der Waals surface area contributed by atoms with Crippen LogP contribution in [-0.2, 0) is 0 Å². The summed E-state index contributed by atoms with van der Waals surface area (Å²) in [4.78, 5) is 30.0. The largest absolute Gasteiger partial charge is 0.495 e. The summed E-state index contributed by atoms with van der Waals surface area (Å²) in [5.74, 6) is 0.365. The lowest BCUT2D eigenvalue weighted by atomic mass is 10.1. The van der Waals surface area contributed by atoms with Crippen LogP contribution in [0.15, 0.2) is 18.2 Å². The van der Waals surface area contributed by atoms with Crippen LogP contribution in [0.4, 0.5) is 10.5 Å². The Bertz CT molecular complexity index is 603. The van der Waals surface area contributed by atoms with Crippen LogP contribution in [0.2, 0.25) is 0 Å². The first kappa shape index (κ1) is 18.1. The molecule has 1 fully saturated rings. The van der Waals surface area contributed by atoms with Gasteiger partial charge in [-0.25, -0.2) is 4.79 Å². The molecule has 0 aromatic heterocycles.